The lowest BCUT2D eigenvalue weighted by Gasteiger charge is -2.10. The van der Waals surface area contributed by atoms with E-state index in [9.17, 15) is 23.3 Å². The van der Waals surface area contributed by atoms with Crippen LogP contribution in [0, 0.1) is 10.1 Å². The highest BCUT2D eigenvalue weighted by Gasteiger charge is 2.17. The summed E-state index contributed by atoms with van der Waals surface area (Å²) in [5.74, 6) is -0.233. The Balaban J connectivity index is 2.12. The number of nitrogens with one attached hydrogen (secondary N) is 1. The first-order chi connectivity index (χ1) is 12.7. The zero-order valence-electron chi connectivity index (χ0n) is 14.7. The van der Waals surface area contributed by atoms with Crippen LogP contribution in [0.25, 0.3) is 6.08 Å². The Morgan fingerprint density at radius 1 is 1.11 bits per heavy atom. The highest BCUT2D eigenvalue weighted by atomic mass is 32.2. The van der Waals surface area contributed by atoms with Crippen molar-refractivity contribution in [2.45, 2.75) is 24.8 Å². The van der Waals surface area contributed by atoms with Gasteiger partial charge in [-0.2, -0.15) is 8.42 Å². The van der Waals surface area contributed by atoms with E-state index in [2.05, 4.69) is 5.32 Å². The molecular weight excluding hydrogens is 372 g/mol. The first-order valence-electron chi connectivity index (χ1n) is 7.94. The maximum atomic E-state index is 12.3. The number of hydrogen-bond donors (Lipinski definition) is 1. The van der Waals surface area contributed by atoms with Gasteiger partial charge in [-0.3, -0.25) is 14.9 Å². The standard InChI is InChI=1S/C18H18N2O6S/c1-13(2)19-18(21)15-5-9-17(10-6-15)27(24,25)26-16-7-3-14(4-8-16)11-12-20(22)23/h3-13H,1-2H3,(H,19,21)/b12-11+. The van der Waals surface area contributed by atoms with Crippen molar-refractivity contribution in [1.29, 1.82) is 0 Å². The molecule has 1 amide bonds. The SMILES string of the molecule is CC(C)NC(=O)c1ccc(S(=O)(=O)Oc2ccc(/C=C/[N+](=O)[O-])cc2)cc1. The molecule has 1 N–H and O–H groups in total. The third-order valence-corrected chi connectivity index (χ3v) is 4.56. The van der Waals surface area contributed by atoms with Gasteiger partial charge in [-0.15, -0.1) is 0 Å². The Bertz CT molecular complexity index is 948. The van der Waals surface area contributed by atoms with E-state index in [1.165, 1.54) is 54.6 Å². The molecule has 0 fully saturated rings. The molecule has 0 spiro atoms. The Morgan fingerprint density at radius 2 is 1.70 bits per heavy atom. The van der Waals surface area contributed by atoms with Crippen molar-refractivity contribution < 1.29 is 22.3 Å². The van der Waals surface area contributed by atoms with Crippen LogP contribution in [0.15, 0.2) is 59.6 Å². The van der Waals surface area contributed by atoms with Crippen molar-refractivity contribution in [1.82, 2.24) is 5.32 Å². The predicted octanol–water partition coefficient (Wildman–Crippen LogP) is 2.84. The van der Waals surface area contributed by atoms with E-state index in [-0.39, 0.29) is 22.6 Å². The molecular formula is C18H18N2O6S. The van der Waals surface area contributed by atoms with Crippen molar-refractivity contribution in [3.05, 3.63) is 76.0 Å². The fourth-order valence-electron chi connectivity index (χ4n) is 2.07. The van der Waals surface area contributed by atoms with Gasteiger partial charge < -0.3 is 9.50 Å². The van der Waals surface area contributed by atoms with Gasteiger partial charge in [0, 0.05) is 17.7 Å². The summed E-state index contributed by atoms with van der Waals surface area (Å²) in [5, 5.41) is 13.0. The van der Waals surface area contributed by atoms with E-state index >= 15 is 0 Å². The number of carbonyl (C=O) groups is 1. The third-order valence-electron chi connectivity index (χ3n) is 3.30. The van der Waals surface area contributed by atoms with Gasteiger partial charge in [-0.1, -0.05) is 12.1 Å². The van der Waals surface area contributed by atoms with E-state index in [4.69, 9.17) is 4.18 Å². The minimum atomic E-state index is -4.08. The molecule has 0 aliphatic heterocycles. The van der Waals surface area contributed by atoms with Crippen LogP contribution >= 0.6 is 0 Å². The molecule has 27 heavy (non-hydrogen) atoms. The molecule has 9 heteroatoms. The summed E-state index contributed by atoms with van der Waals surface area (Å²) in [6.07, 6.45) is 2.06. The summed E-state index contributed by atoms with van der Waals surface area (Å²) in [6.45, 7) is 3.64. The number of amides is 1. The van der Waals surface area contributed by atoms with Gasteiger partial charge >= 0.3 is 10.1 Å². The Hall–Kier alpha value is -3.20. The molecule has 0 aromatic heterocycles. The van der Waals surface area contributed by atoms with Gasteiger partial charge in [0.2, 0.25) is 6.20 Å². The van der Waals surface area contributed by atoms with Crippen LogP contribution < -0.4 is 9.50 Å². The highest BCUT2D eigenvalue weighted by molar-refractivity contribution is 7.87. The molecule has 2 aromatic rings. The van der Waals surface area contributed by atoms with Crippen LogP contribution in [-0.4, -0.2) is 25.3 Å². The quantitative estimate of drug-likeness (QED) is 0.441. The lowest BCUT2D eigenvalue weighted by atomic mass is 10.2. The zero-order valence-corrected chi connectivity index (χ0v) is 15.5. The fourth-order valence-corrected chi connectivity index (χ4v) is 3.00. The zero-order chi connectivity index (χ0) is 20.0. The first kappa shape index (κ1) is 20.1. The van der Waals surface area contributed by atoms with Crippen molar-refractivity contribution in [3.63, 3.8) is 0 Å². The molecule has 8 nitrogen and oxygen atoms in total. The van der Waals surface area contributed by atoms with E-state index in [0.717, 1.165) is 6.20 Å². The van der Waals surface area contributed by atoms with Crippen LogP contribution in [0.5, 0.6) is 5.75 Å². The molecule has 0 unspecified atom stereocenters. The van der Waals surface area contributed by atoms with Gasteiger partial charge in [0.05, 0.1) is 4.92 Å². The summed E-state index contributed by atoms with van der Waals surface area (Å²) < 4.78 is 29.7. The average Bonchev–Trinajstić information content (AvgIpc) is 2.60. The van der Waals surface area contributed by atoms with Crippen molar-refractivity contribution >= 4 is 22.1 Å². The molecule has 2 aromatic carbocycles. The minimum Gasteiger partial charge on any atom is -0.379 e. The van der Waals surface area contributed by atoms with Gasteiger partial charge in [-0.05, 0) is 55.8 Å². The molecule has 142 valence electrons. The summed E-state index contributed by atoms with van der Waals surface area (Å²) in [6, 6.07) is 11.1. The lowest BCUT2D eigenvalue weighted by molar-refractivity contribution is -0.400. The Labute approximate surface area is 156 Å². The minimum absolute atomic E-state index is 0.0348. The molecule has 0 saturated heterocycles. The van der Waals surface area contributed by atoms with Gasteiger partial charge in [0.1, 0.15) is 10.6 Å². The molecule has 0 radical (unpaired) electrons. The number of rotatable bonds is 7. The van der Waals surface area contributed by atoms with Gasteiger partial charge in [0.15, 0.2) is 0 Å². The molecule has 2 rings (SSSR count). The second kappa shape index (κ2) is 8.45. The molecule has 0 bridgehead atoms. The predicted molar refractivity (Wildman–Crippen MR) is 99.3 cm³/mol. The van der Waals surface area contributed by atoms with Crippen molar-refractivity contribution in [2.24, 2.45) is 0 Å². The monoisotopic (exact) mass is 390 g/mol. The Morgan fingerprint density at radius 3 is 2.22 bits per heavy atom. The number of nitrogens with zero attached hydrogens (tertiary/aromatic N) is 1. The summed E-state index contributed by atoms with van der Waals surface area (Å²) >= 11 is 0. The largest absolute Gasteiger partial charge is 0.379 e. The van der Waals surface area contributed by atoms with Gasteiger partial charge in [0.25, 0.3) is 5.91 Å². The van der Waals surface area contributed by atoms with E-state index in [1.54, 1.807) is 0 Å². The summed E-state index contributed by atoms with van der Waals surface area (Å²) in [7, 11) is -4.08. The average molecular weight is 390 g/mol. The van der Waals surface area contributed by atoms with Crippen LogP contribution in [-0.2, 0) is 10.1 Å². The number of hydrogen-bond acceptors (Lipinski definition) is 6. The molecule has 0 heterocycles. The maximum absolute atomic E-state index is 12.3. The van der Waals surface area contributed by atoms with Crippen LogP contribution in [0.2, 0.25) is 0 Å². The van der Waals surface area contributed by atoms with E-state index < -0.39 is 15.0 Å². The molecule has 0 saturated carbocycles. The maximum Gasteiger partial charge on any atom is 0.339 e. The highest BCUT2D eigenvalue weighted by Crippen LogP contribution is 2.20. The number of benzene rings is 2. The van der Waals surface area contributed by atoms with E-state index in [1.807, 2.05) is 13.8 Å². The van der Waals surface area contributed by atoms with E-state index in [0.29, 0.717) is 11.1 Å². The lowest BCUT2D eigenvalue weighted by Crippen LogP contribution is -2.30. The van der Waals surface area contributed by atoms with Crippen LogP contribution in [0.3, 0.4) is 0 Å². The fraction of sp³-hybridized carbons (Fsp3) is 0.167. The normalized spacial score (nSPS) is 11.5. The smallest absolute Gasteiger partial charge is 0.339 e. The number of carbonyl (C=O) groups excluding carboxylic acids is 1. The summed E-state index contributed by atoms with van der Waals surface area (Å²) in [5.41, 5.74) is 0.863. The molecule has 0 aliphatic rings. The molecule has 0 aliphatic carbocycles. The van der Waals surface area contributed by atoms with Crippen LogP contribution in [0.4, 0.5) is 0 Å². The summed E-state index contributed by atoms with van der Waals surface area (Å²) in [4.78, 5) is 21.5. The Kier molecular flexibility index (Phi) is 6.30. The van der Waals surface area contributed by atoms with Crippen LogP contribution in [0.1, 0.15) is 29.8 Å². The number of nitro groups is 1. The molecule has 0 atom stereocenters. The van der Waals surface area contributed by atoms with Gasteiger partial charge in [-0.25, -0.2) is 0 Å². The third kappa shape index (κ3) is 5.93. The van der Waals surface area contributed by atoms with Crippen molar-refractivity contribution in [2.75, 3.05) is 0 Å². The topological polar surface area (TPSA) is 116 Å². The second-order valence-electron chi connectivity index (χ2n) is 5.86. The second-order valence-corrected chi connectivity index (χ2v) is 7.41. The van der Waals surface area contributed by atoms with Crippen molar-refractivity contribution in [3.8, 4) is 5.75 Å². The first-order valence-corrected chi connectivity index (χ1v) is 9.35.